The number of nitrogens with one attached hydrogen (secondary N) is 1. The third kappa shape index (κ3) is 6.22. The average molecular weight is 689 g/mol. The molecule has 0 unspecified atom stereocenters. The Morgan fingerprint density at radius 2 is 1.89 bits per heavy atom. The van der Waals surface area contributed by atoms with Crippen LogP contribution in [-0.4, -0.2) is 102 Å². The Morgan fingerprint density at radius 3 is 2.58 bits per heavy atom. The summed E-state index contributed by atoms with van der Waals surface area (Å²) in [7, 11) is 1.51. The van der Waals surface area contributed by atoms with E-state index in [2.05, 4.69) is 21.2 Å². The number of hydrogen-bond donors (Lipinski definition) is 2. The zero-order valence-electron chi connectivity index (χ0n) is 25.9. The molecule has 0 saturated carbocycles. The molecule has 1 aromatic rings. The maximum absolute atomic E-state index is 14.5. The fraction of sp³-hybridized carbons (Fsp3) is 0.576. The van der Waals surface area contributed by atoms with Gasteiger partial charge >= 0.3 is 5.97 Å². The van der Waals surface area contributed by atoms with Gasteiger partial charge in [0.2, 0.25) is 17.7 Å². The summed E-state index contributed by atoms with van der Waals surface area (Å²) in [5, 5.41) is 13.2. The highest BCUT2D eigenvalue weighted by atomic mass is 79.9. The molecule has 4 aliphatic heterocycles. The second-order valence-electron chi connectivity index (χ2n) is 12.1. The van der Waals surface area contributed by atoms with Crippen LogP contribution in [0.3, 0.4) is 0 Å². The molecule has 12 heteroatoms. The fourth-order valence-corrected chi connectivity index (χ4v) is 7.74. The number of carbonyl (C=O) groups is 4. The van der Waals surface area contributed by atoms with Crippen molar-refractivity contribution in [2.75, 3.05) is 33.4 Å². The number of halogens is 1. The van der Waals surface area contributed by atoms with Crippen LogP contribution in [0.1, 0.15) is 51.2 Å². The van der Waals surface area contributed by atoms with E-state index in [0.29, 0.717) is 23.0 Å². The highest BCUT2D eigenvalue weighted by Crippen LogP contribution is 2.59. The van der Waals surface area contributed by atoms with Gasteiger partial charge in [0.05, 0.1) is 31.2 Å². The zero-order chi connectivity index (χ0) is 32.3. The number of likely N-dealkylation sites (tertiary alicyclic amines) is 1. The molecule has 11 nitrogen and oxygen atoms in total. The number of esters is 1. The molecule has 2 N–H and O–H groups in total. The van der Waals surface area contributed by atoms with Crippen molar-refractivity contribution in [3.05, 3.63) is 58.6 Å². The van der Waals surface area contributed by atoms with Gasteiger partial charge in [-0.25, -0.2) is 0 Å². The Labute approximate surface area is 272 Å². The second-order valence-corrected chi connectivity index (χ2v) is 13.1. The van der Waals surface area contributed by atoms with Crippen LogP contribution in [0.15, 0.2) is 53.0 Å². The van der Waals surface area contributed by atoms with Crippen LogP contribution >= 0.6 is 15.9 Å². The minimum absolute atomic E-state index is 0.0691. The number of carbonyl (C=O) groups excluding carboxylic acids is 4. The molecular formula is C33H42BrN3O8. The summed E-state index contributed by atoms with van der Waals surface area (Å²) < 4.78 is 18.8. The summed E-state index contributed by atoms with van der Waals surface area (Å²) in [6.07, 6.45) is 5.92. The summed E-state index contributed by atoms with van der Waals surface area (Å²) in [6, 6.07) is 6.55. The third-order valence-electron chi connectivity index (χ3n) is 9.16. The molecule has 0 aliphatic carbocycles. The van der Waals surface area contributed by atoms with E-state index in [1.165, 1.54) is 12.0 Å². The van der Waals surface area contributed by atoms with Crippen molar-refractivity contribution >= 4 is 39.6 Å². The second kappa shape index (κ2) is 14.1. The van der Waals surface area contributed by atoms with E-state index in [-0.39, 0.29) is 38.0 Å². The number of aliphatic hydroxyl groups excluding tert-OH is 1. The van der Waals surface area contributed by atoms with Gasteiger partial charge in [0, 0.05) is 31.1 Å². The molecule has 5 rings (SSSR count). The minimum atomic E-state index is -1.44. The van der Waals surface area contributed by atoms with Crippen LogP contribution in [0, 0.1) is 11.8 Å². The van der Waals surface area contributed by atoms with Gasteiger partial charge in [0.25, 0.3) is 0 Å². The lowest BCUT2D eigenvalue weighted by molar-refractivity contribution is -0.163. The molecule has 5 bridgehead atoms. The zero-order valence-corrected chi connectivity index (χ0v) is 27.5. The number of benzene rings is 1. The van der Waals surface area contributed by atoms with Crippen LogP contribution in [0.2, 0.25) is 0 Å². The van der Waals surface area contributed by atoms with Crippen molar-refractivity contribution < 1.29 is 38.5 Å². The molecule has 1 spiro atoms. The molecule has 2 fully saturated rings. The summed E-state index contributed by atoms with van der Waals surface area (Å²) in [5.41, 5.74) is -0.790. The highest BCUT2D eigenvalue weighted by Gasteiger charge is 2.75. The van der Waals surface area contributed by atoms with E-state index < -0.39 is 59.6 Å². The number of aliphatic hydroxyl groups is 1. The smallest absolute Gasteiger partial charge is 0.313 e. The quantitative estimate of drug-likeness (QED) is 0.315. The number of nitrogens with zero attached hydrogens (tertiary/aromatic N) is 2. The van der Waals surface area contributed by atoms with Gasteiger partial charge in [0.15, 0.2) is 0 Å². The van der Waals surface area contributed by atoms with E-state index in [1.807, 2.05) is 37.3 Å². The Morgan fingerprint density at radius 1 is 1.13 bits per heavy atom. The predicted molar refractivity (Wildman–Crippen MR) is 168 cm³/mol. The van der Waals surface area contributed by atoms with Crippen LogP contribution in [0.4, 0.5) is 0 Å². The molecule has 3 amide bonds. The number of methoxy groups -OCH3 is 1. The van der Waals surface area contributed by atoms with E-state index in [0.717, 1.165) is 12.8 Å². The van der Waals surface area contributed by atoms with E-state index in [1.54, 1.807) is 30.0 Å². The number of allylic oxidation sites excluding steroid dienone is 1. The molecule has 1 aromatic carbocycles. The number of fused-ring (bicyclic) bond motifs is 2. The third-order valence-corrected chi connectivity index (χ3v) is 9.84. The number of cyclic esters (lactones) is 1. The van der Waals surface area contributed by atoms with Crippen molar-refractivity contribution in [3.8, 4) is 0 Å². The SMILES string of the molecule is CCCCN1C/C=C\CCC(=O)N[C@@H](COC)[C@H](c2ccccc2)OC(=O)[C@H]2[C@@H]3O[C@@]4(C=C3Br)[C@@H]2C(=O)N([C@H](C)CO)[C@@H]4C1=O. The Bertz CT molecular complexity index is 1340. The summed E-state index contributed by atoms with van der Waals surface area (Å²) >= 11 is 3.57. The highest BCUT2D eigenvalue weighted by molar-refractivity contribution is 9.11. The van der Waals surface area contributed by atoms with Crippen LogP contribution in [0.5, 0.6) is 0 Å². The molecule has 8 atom stereocenters. The van der Waals surface area contributed by atoms with Gasteiger partial charge in [-0.2, -0.15) is 0 Å². The standard InChI is InChI=1S/C33H42BrN3O8/c1-4-5-15-36-16-11-7-10-14-24(39)35-23(19-43-3)27(21-12-8-6-9-13-21)44-32(42)25-26-30(40)37(20(2)18-38)29(31(36)41)33(26)17-22(34)28(25)45-33/h6-9,11-13,17,20,23,25-29,38H,4-5,10,14-16,18-19H2,1-3H3,(H,35,39)/b11-7-/t20-,23+,25-,26+,27+,28-,29-,33+/m1/s1. The van der Waals surface area contributed by atoms with Crippen molar-refractivity contribution in [2.24, 2.45) is 11.8 Å². The van der Waals surface area contributed by atoms with Crippen LogP contribution in [0.25, 0.3) is 0 Å². The van der Waals surface area contributed by atoms with Gasteiger partial charge in [-0.15, -0.1) is 0 Å². The fourth-order valence-electron chi connectivity index (χ4n) is 7.01. The lowest BCUT2D eigenvalue weighted by atomic mass is 9.74. The molecule has 2 saturated heterocycles. The monoisotopic (exact) mass is 687 g/mol. The van der Waals surface area contributed by atoms with Gasteiger partial charge in [-0.3, -0.25) is 19.2 Å². The largest absolute Gasteiger partial charge is 0.455 e. The van der Waals surface area contributed by atoms with Gasteiger partial charge in [-0.05, 0) is 31.4 Å². The number of rotatable bonds is 8. The maximum Gasteiger partial charge on any atom is 0.313 e. The first-order valence-corrected chi connectivity index (χ1v) is 16.4. The molecule has 0 radical (unpaired) electrons. The van der Waals surface area contributed by atoms with E-state index in [4.69, 9.17) is 14.2 Å². The first kappa shape index (κ1) is 33.3. The number of ether oxygens (including phenoxy) is 3. The Hall–Kier alpha value is -3.06. The summed E-state index contributed by atoms with van der Waals surface area (Å²) in [6.45, 7) is 4.13. The van der Waals surface area contributed by atoms with Crippen molar-refractivity contribution in [2.45, 2.75) is 75.5 Å². The minimum Gasteiger partial charge on any atom is -0.455 e. The molecular weight excluding hydrogens is 646 g/mol. The first-order chi connectivity index (χ1) is 21.7. The van der Waals surface area contributed by atoms with Gasteiger partial charge < -0.3 is 34.4 Å². The Balaban J connectivity index is 1.62. The van der Waals surface area contributed by atoms with Gasteiger partial charge in [0.1, 0.15) is 29.8 Å². The average Bonchev–Trinajstić information content (AvgIpc) is 3.63. The van der Waals surface area contributed by atoms with Gasteiger partial charge in [-0.1, -0.05) is 71.8 Å². The summed E-state index contributed by atoms with van der Waals surface area (Å²) in [5.74, 6) is -3.82. The summed E-state index contributed by atoms with van der Waals surface area (Å²) in [4.78, 5) is 59.3. The number of amides is 3. The van der Waals surface area contributed by atoms with E-state index in [9.17, 15) is 24.3 Å². The predicted octanol–water partition coefficient (Wildman–Crippen LogP) is 2.63. The van der Waals surface area contributed by atoms with Crippen molar-refractivity contribution in [3.63, 3.8) is 0 Å². The Kier molecular flexibility index (Phi) is 10.5. The van der Waals surface area contributed by atoms with Crippen molar-refractivity contribution in [1.29, 1.82) is 0 Å². The van der Waals surface area contributed by atoms with Crippen molar-refractivity contribution in [1.82, 2.24) is 15.1 Å². The molecule has 244 valence electrons. The lowest BCUT2D eigenvalue weighted by Crippen LogP contribution is -2.58. The first-order valence-electron chi connectivity index (χ1n) is 15.6. The molecule has 0 aromatic heterocycles. The molecule has 4 heterocycles. The van der Waals surface area contributed by atoms with Crippen LogP contribution in [-0.2, 0) is 33.4 Å². The van der Waals surface area contributed by atoms with E-state index >= 15 is 0 Å². The van der Waals surface area contributed by atoms with Crippen LogP contribution < -0.4 is 5.32 Å². The number of hydrogen-bond acceptors (Lipinski definition) is 8. The molecule has 45 heavy (non-hydrogen) atoms. The normalized spacial score (nSPS) is 33.5. The maximum atomic E-state index is 14.5. The lowest BCUT2D eigenvalue weighted by Gasteiger charge is -2.37. The molecule has 4 aliphatic rings. The topological polar surface area (TPSA) is 135 Å². The number of unbranched alkanes of at least 4 members (excludes halogenated alkanes) is 1.